The lowest BCUT2D eigenvalue weighted by Gasteiger charge is -2.12. The standard InChI is InChI=1S/C27H27ClN4O5S/c1-17(2)27-30-25(31-37-27)15-19-4-8-21(9-5-19)29-26(33)16-36-24-13-12-23(14-18(24)3)38(34,35)32-22-10-6-20(28)7-11-22/h4-14,17,32H,15-16H2,1-3H3,(H,29,33). The average molecular weight is 555 g/mol. The average Bonchev–Trinajstić information content (AvgIpc) is 3.35. The number of sulfonamides is 1. The number of carbonyl (C=O) groups excluding carboxylic acids is 1. The first-order valence-electron chi connectivity index (χ1n) is 11.8. The molecule has 198 valence electrons. The molecule has 38 heavy (non-hydrogen) atoms. The normalized spacial score (nSPS) is 11.4. The molecule has 9 nitrogen and oxygen atoms in total. The van der Waals surface area contributed by atoms with Gasteiger partial charge in [-0.05, 0) is 72.6 Å². The number of carbonyl (C=O) groups is 1. The lowest BCUT2D eigenvalue weighted by molar-refractivity contribution is -0.118. The number of hydrogen-bond donors (Lipinski definition) is 2. The summed E-state index contributed by atoms with van der Waals surface area (Å²) in [5, 5.41) is 7.28. The predicted octanol–water partition coefficient (Wildman–Crippen LogP) is 5.56. The second-order valence-electron chi connectivity index (χ2n) is 8.95. The van der Waals surface area contributed by atoms with Gasteiger partial charge >= 0.3 is 0 Å². The summed E-state index contributed by atoms with van der Waals surface area (Å²) >= 11 is 5.85. The largest absolute Gasteiger partial charge is 0.483 e. The number of rotatable bonds is 10. The molecule has 0 bridgehead atoms. The maximum atomic E-state index is 12.7. The second kappa shape index (κ2) is 11.7. The maximum Gasteiger partial charge on any atom is 0.262 e. The smallest absolute Gasteiger partial charge is 0.262 e. The van der Waals surface area contributed by atoms with E-state index in [4.69, 9.17) is 20.9 Å². The van der Waals surface area contributed by atoms with Gasteiger partial charge in [0.15, 0.2) is 12.4 Å². The molecule has 3 aromatic carbocycles. The van der Waals surface area contributed by atoms with Crippen LogP contribution in [0.3, 0.4) is 0 Å². The molecule has 11 heteroatoms. The van der Waals surface area contributed by atoms with Crippen molar-refractivity contribution >= 4 is 38.9 Å². The number of anilines is 2. The van der Waals surface area contributed by atoms with E-state index in [1.54, 1.807) is 43.3 Å². The first-order valence-corrected chi connectivity index (χ1v) is 13.7. The van der Waals surface area contributed by atoms with Crippen molar-refractivity contribution in [2.45, 2.75) is 38.0 Å². The van der Waals surface area contributed by atoms with Crippen molar-refractivity contribution in [3.8, 4) is 5.75 Å². The number of benzene rings is 3. The second-order valence-corrected chi connectivity index (χ2v) is 11.1. The van der Waals surface area contributed by atoms with Crippen molar-refractivity contribution in [1.82, 2.24) is 10.1 Å². The molecular formula is C27H27ClN4O5S. The number of halogens is 1. The first kappa shape index (κ1) is 27.2. The fraction of sp³-hybridized carbons (Fsp3) is 0.222. The highest BCUT2D eigenvalue weighted by atomic mass is 35.5. The number of ether oxygens (including phenoxy) is 1. The molecule has 0 saturated carbocycles. The third-order valence-corrected chi connectivity index (χ3v) is 7.12. The van der Waals surface area contributed by atoms with E-state index in [2.05, 4.69) is 20.2 Å². The highest BCUT2D eigenvalue weighted by Gasteiger charge is 2.16. The molecule has 0 fully saturated rings. The maximum absolute atomic E-state index is 12.7. The number of nitrogens with zero attached hydrogens (tertiary/aromatic N) is 2. The lowest BCUT2D eigenvalue weighted by Crippen LogP contribution is -2.20. The van der Waals surface area contributed by atoms with E-state index in [9.17, 15) is 13.2 Å². The molecule has 4 aromatic rings. The molecule has 0 atom stereocenters. The minimum absolute atomic E-state index is 0.0723. The quantitative estimate of drug-likeness (QED) is 0.263. The van der Waals surface area contributed by atoms with Gasteiger partial charge in [0.2, 0.25) is 5.89 Å². The zero-order valence-corrected chi connectivity index (χ0v) is 22.6. The number of amides is 1. The van der Waals surface area contributed by atoms with Gasteiger partial charge in [-0.3, -0.25) is 9.52 Å². The third-order valence-electron chi connectivity index (χ3n) is 5.49. The zero-order chi connectivity index (χ0) is 27.3. The third kappa shape index (κ3) is 7.11. The Labute approximate surface area is 226 Å². The number of aromatic nitrogens is 2. The van der Waals surface area contributed by atoms with E-state index < -0.39 is 10.0 Å². The Hall–Kier alpha value is -3.89. The van der Waals surface area contributed by atoms with Crippen molar-refractivity contribution < 1.29 is 22.5 Å². The summed E-state index contributed by atoms with van der Waals surface area (Å²) in [7, 11) is -3.80. The van der Waals surface area contributed by atoms with Crippen LogP contribution in [0.15, 0.2) is 76.1 Å². The molecule has 0 spiro atoms. The van der Waals surface area contributed by atoms with Gasteiger partial charge in [0.1, 0.15) is 5.75 Å². The summed E-state index contributed by atoms with van der Waals surface area (Å²) in [6, 6.07) is 18.1. The molecule has 1 heterocycles. The summed E-state index contributed by atoms with van der Waals surface area (Å²) in [4.78, 5) is 16.9. The van der Waals surface area contributed by atoms with Crippen molar-refractivity contribution in [3.05, 3.63) is 94.6 Å². The van der Waals surface area contributed by atoms with Crippen molar-refractivity contribution in [2.24, 2.45) is 0 Å². The molecular weight excluding hydrogens is 528 g/mol. The minimum atomic E-state index is -3.80. The molecule has 2 N–H and O–H groups in total. The van der Waals surface area contributed by atoms with Gasteiger partial charge in [-0.15, -0.1) is 0 Å². The summed E-state index contributed by atoms with van der Waals surface area (Å²) in [5.74, 6) is 1.43. The van der Waals surface area contributed by atoms with Crippen LogP contribution in [0.25, 0.3) is 0 Å². The van der Waals surface area contributed by atoms with E-state index in [1.165, 1.54) is 18.2 Å². The SMILES string of the molecule is Cc1cc(S(=O)(=O)Nc2ccc(Cl)cc2)ccc1OCC(=O)Nc1ccc(Cc2noc(C(C)C)n2)cc1. The summed E-state index contributed by atoms with van der Waals surface area (Å²) in [5.41, 5.74) is 2.56. The van der Waals surface area contributed by atoms with E-state index in [1.807, 2.05) is 26.0 Å². The molecule has 0 aliphatic carbocycles. The zero-order valence-electron chi connectivity index (χ0n) is 21.1. The Morgan fingerprint density at radius 3 is 2.34 bits per heavy atom. The van der Waals surface area contributed by atoms with Crippen molar-refractivity contribution in [2.75, 3.05) is 16.6 Å². The van der Waals surface area contributed by atoms with E-state index >= 15 is 0 Å². The van der Waals surface area contributed by atoms with Crippen LogP contribution in [0.5, 0.6) is 5.75 Å². The first-order chi connectivity index (χ1) is 18.1. The number of nitrogens with one attached hydrogen (secondary N) is 2. The van der Waals surface area contributed by atoms with Crippen LogP contribution >= 0.6 is 11.6 Å². The highest BCUT2D eigenvalue weighted by Crippen LogP contribution is 2.24. The Balaban J connectivity index is 1.30. The van der Waals surface area contributed by atoms with E-state index in [0.717, 1.165) is 5.56 Å². The molecule has 1 amide bonds. The van der Waals surface area contributed by atoms with Crippen LogP contribution in [0.1, 0.15) is 42.6 Å². The van der Waals surface area contributed by atoms with Gasteiger partial charge in [0, 0.05) is 28.7 Å². The van der Waals surface area contributed by atoms with Gasteiger partial charge in [0.25, 0.3) is 15.9 Å². The van der Waals surface area contributed by atoms with Gasteiger partial charge in [-0.25, -0.2) is 8.42 Å². The molecule has 0 aliphatic heterocycles. The van der Waals surface area contributed by atoms with Gasteiger partial charge in [0.05, 0.1) is 4.90 Å². The molecule has 0 radical (unpaired) electrons. The van der Waals surface area contributed by atoms with Crippen molar-refractivity contribution in [1.29, 1.82) is 0 Å². The van der Waals surface area contributed by atoms with Crippen LogP contribution in [-0.2, 0) is 21.2 Å². The Morgan fingerprint density at radius 1 is 1.03 bits per heavy atom. The van der Waals surface area contributed by atoms with Gasteiger partial charge < -0.3 is 14.6 Å². The Morgan fingerprint density at radius 2 is 1.71 bits per heavy atom. The number of hydrogen-bond acceptors (Lipinski definition) is 7. The van der Waals surface area contributed by atoms with Crippen LogP contribution < -0.4 is 14.8 Å². The fourth-order valence-corrected chi connectivity index (χ4v) is 4.76. The Kier molecular flexibility index (Phi) is 8.33. The number of aryl methyl sites for hydroxylation is 1. The fourth-order valence-electron chi connectivity index (χ4n) is 3.49. The summed E-state index contributed by atoms with van der Waals surface area (Å²) in [6.45, 7) is 5.45. The van der Waals surface area contributed by atoms with Crippen LogP contribution in [0.4, 0.5) is 11.4 Å². The molecule has 0 aliphatic rings. The minimum Gasteiger partial charge on any atom is -0.483 e. The van der Waals surface area contributed by atoms with E-state index in [-0.39, 0.29) is 23.3 Å². The molecule has 0 saturated heterocycles. The summed E-state index contributed by atoms with van der Waals surface area (Å²) in [6.07, 6.45) is 0.522. The molecule has 4 rings (SSSR count). The van der Waals surface area contributed by atoms with Gasteiger partial charge in [-0.1, -0.05) is 42.7 Å². The van der Waals surface area contributed by atoms with Crippen LogP contribution in [0, 0.1) is 6.92 Å². The Bertz CT molecular complexity index is 1520. The topological polar surface area (TPSA) is 123 Å². The van der Waals surface area contributed by atoms with Gasteiger partial charge in [-0.2, -0.15) is 4.98 Å². The van der Waals surface area contributed by atoms with Crippen LogP contribution in [0.2, 0.25) is 5.02 Å². The van der Waals surface area contributed by atoms with Crippen LogP contribution in [-0.4, -0.2) is 31.1 Å². The highest BCUT2D eigenvalue weighted by molar-refractivity contribution is 7.92. The lowest BCUT2D eigenvalue weighted by atomic mass is 10.1. The molecule has 0 unspecified atom stereocenters. The predicted molar refractivity (Wildman–Crippen MR) is 145 cm³/mol. The summed E-state index contributed by atoms with van der Waals surface area (Å²) < 4.78 is 38.8. The monoisotopic (exact) mass is 554 g/mol. The van der Waals surface area contributed by atoms with E-state index in [0.29, 0.717) is 45.8 Å². The van der Waals surface area contributed by atoms with Crippen molar-refractivity contribution in [3.63, 3.8) is 0 Å². The molecule has 1 aromatic heterocycles.